The van der Waals surface area contributed by atoms with E-state index in [1.54, 1.807) is 0 Å². The van der Waals surface area contributed by atoms with Crippen molar-refractivity contribution in [3.63, 3.8) is 0 Å². The zero-order chi connectivity index (χ0) is 12.0. The van der Waals surface area contributed by atoms with E-state index in [1.807, 2.05) is 30.8 Å². The summed E-state index contributed by atoms with van der Waals surface area (Å²) in [7, 11) is 0. The molecule has 0 heterocycles. The molecular weight excluding hydrogens is 289 g/mol. The maximum Gasteiger partial charge on any atom is 0.129 e. The van der Waals surface area contributed by atoms with Crippen molar-refractivity contribution in [2.45, 2.75) is 19.4 Å². The van der Waals surface area contributed by atoms with Crippen LogP contribution in [0.1, 0.15) is 24.9 Å². The Labute approximate surface area is 109 Å². The van der Waals surface area contributed by atoms with Crippen LogP contribution >= 0.6 is 27.7 Å². The molecule has 1 nitrogen and oxygen atoms in total. The first-order chi connectivity index (χ1) is 7.65. The van der Waals surface area contributed by atoms with E-state index in [-0.39, 0.29) is 11.9 Å². The molecule has 0 aliphatic heterocycles. The number of hydrogen-bond acceptors (Lipinski definition) is 2. The van der Waals surface area contributed by atoms with Gasteiger partial charge in [-0.05, 0) is 44.0 Å². The Bertz CT molecular complexity index is 333. The van der Waals surface area contributed by atoms with E-state index in [1.165, 1.54) is 6.07 Å². The molecule has 0 saturated heterocycles. The second-order valence-corrected chi connectivity index (χ2v) is 5.59. The van der Waals surface area contributed by atoms with E-state index in [9.17, 15) is 4.39 Å². The van der Waals surface area contributed by atoms with Crippen molar-refractivity contribution in [1.29, 1.82) is 0 Å². The third-order valence-corrected chi connectivity index (χ3v) is 3.59. The van der Waals surface area contributed by atoms with Crippen molar-refractivity contribution in [2.75, 3.05) is 18.6 Å². The van der Waals surface area contributed by atoms with Crippen molar-refractivity contribution >= 4 is 27.7 Å². The average molecular weight is 306 g/mol. The van der Waals surface area contributed by atoms with Gasteiger partial charge in [0, 0.05) is 16.1 Å². The summed E-state index contributed by atoms with van der Waals surface area (Å²) in [5.74, 6) is 0.988. The summed E-state index contributed by atoms with van der Waals surface area (Å²) in [4.78, 5) is 0. The summed E-state index contributed by atoms with van der Waals surface area (Å²) in [5, 5.41) is 3.33. The Hall–Kier alpha value is -0.0600. The van der Waals surface area contributed by atoms with E-state index >= 15 is 0 Å². The van der Waals surface area contributed by atoms with Gasteiger partial charge in [-0.3, -0.25) is 0 Å². The van der Waals surface area contributed by atoms with Crippen LogP contribution in [0.5, 0.6) is 0 Å². The second kappa shape index (κ2) is 7.30. The van der Waals surface area contributed by atoms with Gasteiger partial charge in [-0.1, -0.05) is 22.0 Å². The van der Waals surface area contributed by atoms with E-state index in [2.05, 4.69) is 27.5 Å². The van der Waals surface area contributed by atoms with Gasteiger partial charge in [0.1, 0.15) is 5.82 Å². The SMILES string of the molecule is CSCCCNC(C)c1ccc(Br)cc1F. The highest BCUT2D eigenvalue weighted by Gasteiger charge is 2.09. The quantitative estimate of drug-likeness (QED) is 0.798. The Morgan fingerprint density at radius 3 is 2.88 bits per heavy atom. The van der Waals surface area contributed by atoms with Gasteiger partial charge in [-0.15, -0.1) is 0 Å². The molecule has 1 rings (SSSR count). The molecular formula is C12H17BrFNS. The highest BCUT2D eigenvalue weighted by molar-refractivity contribution is 9.10. The molecule has 1 aromatic rings. The van der Waals surface area contributed by atoms with Crippen LogP contribution in [0.25, 0.3) is 0 Å². The Morgan fingerprint density at radius 1 is 1.50 bits per heavy atom. The van der Waals surface area contributed by atoms with Crippen LogP contribution in [0, 0.1) is 5.82 Å². The fourth-order valence-electron chi connectivity index (χ4n) is 1.50. The number of benzene rings is 1. The maximum atomic E-state index is 13.6. The molecule has 0 aliphatic rings. The third-order valence-electron chi connectivity index (χ3n) is 2.40. The molecule has 0 saturated carbocycles. The minimum atomic E-state index is -0.153. The van der Waals surface area contributed by atoms with Gasteiger partial charge in [0.2, 0.25) is 0 Å². The first-order valence-electron chi connectivity index (χ1n) is 5.32. The molecule has 4 heteroatoms. The highest BCUT2D eigenvalue weighted by Crippen LogP contribution is 2.20. The smallest absolute Gasteiger partial charge is 0.129 e. The van der Waals surface area contributed by atoms with Crippen molar-refractivity contribution < 1.29 is 4.39 Å². The minimum Gasteiger partial charge on any atom is -0.310 e. The Morgan fingerprint density at radius 2 is 2.25 bits per heavy atom. The van der Waals surface area contributed by atoms with Crippen LogP contribution in [0.3, 0.4) is 0 Å². The lowest BCUT2D eigenvalue weighted by atomic mass is 10.1. The fraction of sp³-hybridized carbons (Fsp3) is 0.500. The molecule has 0 fully saturated rings. The Balaban J connectivity index is 2.49. The zero-order valence-electron chi connectivity index (χ0n) is 9.59. The van der Waals surface area contributed by atoms with Gasteiger partial charge in [-0.2, -0.15) is 11.8 Å². The standard InChI is InChI=1S/C12H17BrFNS/c1-9(15-6-3-7-16-2)11-5-4-10(13)8-12(11)14/h4-5,8-9,15H,3,6-7H2,1-2H3. The Kier molecular flexibility index (Phi) is 6.39. The van der Waals surface area contributed by atoms with Crippen LogP contribution in [-0.2, 0) is 0 Å². The summed E-state index contributed by atoms with van der Waals surface area (Å²) in [6.07, 6.45) is 3.21. The molecule has 1 unspecified atom stereocenters. The highest BCUT2D eigenvalue weighted by atomic mass is 79.9. The summed E-state index contributed by atoms with van der Waals surface area (Å²) >= 11 is 5.09. The summed E-state index contributed by atoms with van der Waals surface area (Å²) < 4.78 is 14.4. The molecule has 1 aromatic carbocycles. The van der Waals surface area contributed by atoms with Crippen LogP contribution in [0.2, 0.25) is 0 Å². The van der Waals surface area contributed by atoms with Gasteiger partial charge in [0.25, 0.3) is 0 Å². The van der Waals surface area contributed by atoms with Crippen molar-refractivity contribution in [2.24, 2.45) is 0 Å². The van der Waals surface area contributed by atoms with Gasteiger partial charge >= 0.3 is 0 Å². The van der Waals surface area contributed by atoms with Crippen LogP contribution < -0.4 is 5.32 Å². The lowest BCUT2D eigenvalue weighted by molar-refractivity contribution is 0.528. The molecule has 0 bridgehead atoms. The maximum absolute atomic E-state index is 13.6. The molecule has 0 aromatic heterocycles. The number of halogens is 2. The van der Waals surface area contributed by atoms with E-state index < -0.39 is 0 Å². The second-order valence-electron chi connectivity index (χ2n) is 3.69. The fourth-order valence-corrected chi connectivity index (χ4v) is 2.26. The summed E-state index contributed by atoms with van der Waals surface area (Å²) in [6, 6.07) is 5.27. The predicted molar refractivity (Wildman–Crippen MR) is 73.5 cm³/mol. The van der Waals surface area contributed by atoms with E-state index in [4.69, 9.17) is 0 Å². The molecule has 0 aliphatic carbocycles. The first kappa shape index (κ1) is 14.0. The third kappa shape index (κ3) is 4.44. The molecule has 1 atom stereocenters. The predicted octanol–water partition coefficient (Wildman–Crippen LogP) is 3.99. The van der Waals surface area contributed by atoms with E-state index in [0.717, 1.165) is 28.8 Å². The topological polar surface area (TPSA) is 12.0 Å². The molecule has 0 radical (unpaired) electrons. The summed E-state index contributed by atoms with van der Waals surface area (Å²) in [5.41, 5.74) is 0.729. The van der Waals surface area contributed by atoms with E-state index in [0.29, 0.717) is 0 Å². The minimum absolute atomic E-state index is 0.0648. The zero-order valence-corrected chi connectivity index (χ0v) is 12.0. The first-order valence-corrected chi connectivity index (χ1v) is 7.51. The number of hydrogen-bond donors (Lipinski definition) is 1. The molecule has 0 spiro atoms. The summed E-state index contributed by atoms with van der Waals surface area (Å²) in [6.45, 7) is 2.92. The lowest BCUT2D eigenvalue weighted by Gasteiger charge is -2.15. The van der Waals surface area contributed by atoms with Gasteiger partial charge in [0.15, 0.2) is 0 Å². The van der Waals surface area contributed by atoms with Crippen LogP contribution in [0.4, 0.5) is 4.39 Å². The lowest BCUT2D eigenvalue weighted by Crippen LogP contribution is -2.21. The van der Waals surface area contributed by atoms with Crippen molar-refractivity contribution in [3.05, 3.63) is 34.1 Å². The van der Waals surface area contributed by atoms with Gasteiger partial charge < -0.3 is 5.32 Å². The number of rotatable bonds is 6. The average Bonchev–Trinajstić information content (AvgIpc) is 2.24. The molecule has 0 amide bonds. The van der Waals surface area contributed by atoms with Gasteiger partial charge in [-0.25, -0.2) is 4.39 Å². The molecule has 16 heavy (non-hydrogen) atoms. The monoisotopic (exact) mass is 305 g/mol. The van der Waals surface area contributed by atoms with Gasteiger partial charge in [0.05, 0.1) is 0 Å². The van der Waals surface area contributed by atoms with Crippen molar-refractivity contribution in [3.8, 4) is 0 Å². The normalized spacial score (nSPS) is 12.8. The largest absolute Gasteiger partial charge is 0.310 e. The van der Waals surface area contributed by atoms with Crippen LogP contribution in [-0.4, -0.2) is 18.6 Å². The van der Waals surface area contributed by atoms with Crippen LogP contribution in [0.15, 0.2) is 22.7 Å². The number of thioether (sulfide) groups is 1. The molecule has 1 N–H and O–H groups in total. The molecule has 90 valence electrons. The number of nitrogens with one attached hydrogen (secondary N) is 1. The van der Waals surface area contributed by atoms with Crippen molar-refractivity contribution in [1.82, 2.24) is 5.32 Å².